The normalized spacial score (nSPS) is 17.7. The fourth-order valence-corrected chi connectivity index (χ4v) is 3.03. The predicted molar refractivity (Wildman–Crippen MR) is 84.2 cm³/mol. The lowest BCUT2D eigenvalue weighted by atomic mass is 10.1. The van der Waals surface area contributed by atoms with Gasteiger partial charge in [-0.3, -0.25) is 9.59 Å². The number of imidazole rings is 1. The Labute approximate surface area is 132 Å². The van der Waals surface area contributed by atoms with E-state index in [2.05, 4.69) is 9.97 Å². The minimum absolute atomic E-state index is 0.0184. The van der Waals surface area contributed by atoms with E-state index in [1.54, 1.807) is 4.90 Å². The lowest BCUT2D eigenvalue weighted by Gasteiger charge is -2.15. The highest BCUT2D eigenvalue weighted by atomic mass is 16.4. The van der Waals surface area contributed by atoms with E-state index in [0.717, 1.165) is 23.0 Å². The van der Waals surface area contributed by atoms with Gasteiger partial charge in [-0.2, -0.15) is 0 Å². The molecule has 7 nitrogen and oxygen atoms in total. The Morgan fingerprint density at radius 3 is 2.78 bits per heavy atom. The van der Waals surface area contributed by atoms with Gasteiger partial charge in [-0.15, -0.1) is 0 Å². The van der Waals surface area contributed by atoms with Crippen LogP contribution >= 0.6 is 0 Å². The molecule has 3 rings (SSSR count). The predicted octanol–water partition coefficient (Wildman–Crippen LogP) is 1.11. The van der Waals surface area contributed by atoms with Crippen LogP contribution in [0.15, 0.2) is 23.0 Å². The Kier molecular flexibility index (Phi) is 4.18. The van der Waals surface area contributed by atoms with Gasteiger partial charge in [0.25, 0.3) is 0 Å². The van der Waals surface area contributed by atoms with E-state index in [4.69, 9.17) is 5.11 Å². The number of aromatic amines is 2. The number of carbonyl (C=O) groups is 2. The van der Waals surface area contributed by atoms with Crippen LogP contribution in [0.5, 0.6) is 0 Å². The summed E-state index contributed by atoms with van der Waals surface area (Å²) in [7, 11) is 0. The first-order chi connectivity index (χ1) is 11.0. The van der Waals surface area contributed by atoms with Gasteiger partial charge in [0.15, 0.2) is 0 Å². The number of hydrogen-bond donors (Lipinski definition) is 3. The zero-order valence-electron chi connectivity index (χ0n) is 12.7. The molecule has 1 aromatic heterocycles. The van der Waals surface area contributed by atoms with Crippen molar-refractivity contribution in [3.05, 3.63) is 34.2 Å². The van der Waals surface area contributed by atoms with Crippen LogP contribution in [0.25, 0.3) is 11.0 Å². The monoisotopic (exact) mass is 317 g/mol. The molecule has 23 heavy (non-hydrogen) atoms. The fourth-order valence-electron chi connectivity index (χ4n) is 3.03. The number of benzene rings is 1. The molecule has 1 atom stereocenters. The van der Waals surface area contributed by atoms with Gasteiger partial charge in [0.2, 0.25) is 5.91 Å². The Morgan fingerprint density at radius 1 is 1.26 bits per heavy atom. The number of aromatic nitrogens is 2. The number of nitrogens with zero attached hydrogens (tertiary/aromatic N) is 1. The molecular weight excluding hydrogens is 298 g/mol. The second kappa shape index (κ2) is 6.28. The number of carbonyl (C=O) groups excluding carboxylic acids is 1. The van der Waals surface area contributed by atoms with Crippen molar-refractivity contribution in [1.82, 2.24) is 14.9 Å². The zero-order chi connectivity index (χ0) is 16.4. The standard InChI is InChI=1S/C16H19N3O4/c20-14(19-7-6-11(9-19)15(21)22)3-1-2-10-4-5-12-13(8-10)18-16(23)17-12/h4-5,8,11H,1-3,6-7,9H2,(H,21,22)(H2,17,18,23)/t11-/m0/s1. The molecule has 122 valence electrons. The van der Waals surface area contributed by atoms with E-state index in [-0.39, 0.29) is 11.6 Å². The molecule has 1 aliphatic heterocycles. The summed E-state index contributed by atoms with van der Waals surface area (Å²) in [5.74, 6) is -1.23. The van der Waals surface area contributed by atoms with Crippen molar-refractivity contribution in [2.45, 2.75) is 25.7 Å². The van der Waals surface area contributed by atoms with Crippen molar-refractivity contribution >= 4 is 22.9 Å². The van der Waals surface area contributed by atoms with Crippen LogP contribution in [-0.4, -0.2) is 44.9 Å². The number of aliphatic carboxylic acids is 1. The van der Waals surface area contributed by atoms with Crippen LogP contribution in [-0.2, 0) is 16.0 Å². The molecular formula is C16H19N3O4. The van der Waals surface area contributed by atoms with Crippen LogP contribution in [0.3, 0.4) is 0 Å². The number of likely N-dealkylation sites (tertiary alicyclic amines) is 1. The van der Waals surface area contributed by atoms with Crippen LogP contribution < -0.4 is 5.69 Å². The van der Waals surface area contributed by atoms with E-state index in [9.17, 15) is 14.4 Å². The molecule has 0 spiro atoms. The zero-order valence-corrected chi connectivity index (χ0v) is 12.7. The van der Waals surface area contributed by atoms with Gasteiger partial charge in [0, 0.05) is 19.5 Å². The number of nitrogens with one attached hydrogen (secondary N) is 2. The number of carboxylic acids is 1. The molecule has 3 N–H and O–H groups in total. The number of fused-ring (bicyclic) bond motifs is 1. The van der Waals surface area contributed by atoms with Crippen molar-refractivity contribution in [3.63, 3.8) is 0 Å². The summed E-state index contributed by atoms with van der Waals surface area (Å²) in [6, 6.07) is 5.70. The molecule has 1 aliphatic rings. The van der Waals surface area contributed by atoms with E-state index in [1.165, 1.54) is 0 Å². The molecule has 0 aliphatic carbocycles. The summed E-state index contributed by atoms with van der Waals surface area (Å²) in [6.07, 6.45) is 2.39. The molecule has 2 heterocycles. The molecule has 7 heteroatoms. The van der Waals surface area contributed by atoms with Gasteiger partial charge in [-0.25, -0.2) is 4.79 Å². The number of hydrogen-bond acceptors (Lipinski definition) is 3. The van der Waals surface area contributed by atoms with Crippen LogP contribution in [0.2, 0.25) is 0 Å². The van der Waals surface area contributed by atoms with Gasteiger partial charge in [-0.1, -0.05) is 6.07 Å². The van der Waals surface area contributed by atoms with Gasteiger partial charge < -0.3 is 20.0 Å². The van der Waals surface area contributed by atoms with Gasteiger partial charge in [0.1, 0.15) is 0 Å². The summed E-state index contributed by atoms with van der Waals surface area (Å²) >= 11 is 0. The smallest absolute Gasteiger partial charge is 0.323 e. The highest BCUT2D eigenvalue weighted by Crippen LogP contribution is 2.18. The Balaban J connectivity index is 1.51. The van der Waals surface area contributed by atoms with Gasteiger partial charge in [-0.05, 0) is 37.0 Å². The minimum atomic E-state index is -0.825. The number of carboxylic acid groups (broad SMARTS) is 1. The second-order valence-electron chi connectivity index (χ2n) is 5.98. The third-order valence-corrected chi connectivity index (χ3v) is 4.33. The molecule has 0 bridgehead atoms. The first kappa shape index (κ1) is 15.3. The maximum absolute atomic E-state index is 12.1. The Hall–Kier alpha value is -2.57. The molecule has 0 saturated carbocycles. The van der Waals surface area contributed by atoms with E-state index >= 15 is 0 Å². The molecule has 0 radical (unpaired) electrons. The first-order valence-corrected chi connectivity index (χ1v) is 7.74. The summed E-state index contributed by atoms with van der Waals surface area (Å²) in [5, 5.41) is 8.96. The lowest BCUT2D eigenvalue weighted by Crippen LogP contribution is -2.29. The lowest BCUT2D eigenvalue weighted by molar-refractivity contribution is -0.141. The average molecular weight is 317 g/mol. The summed E-state index contributed by atoms with van der Waals surface area (Å²) in [5.41, 5.74) is 2.37. The number of amides is 1. The van der Waals surface area contributed by atoms with Crippen LogP contribution in [0.1, 0.15) is 24.8 Å². The van der Waals surface area contributed by atoms with Crippen molar-refractivity contribution in [2.24, 2.45) is 5.92 Å². The summed E-state index contributed by atoms with van der Waals surface area (Å²) < 4.78 is 0. The number of rotatable bonds is 5. The molecule has 2 aromatic rings. The van der Waals surface area contributed by atoms with Crippen molar-refractivity contribution < 1.29 is 14.7 Å². The maximum atomic E-state index is 12.1. The summed E-state index contributed by atoms with van der Waals surface area (Å²) in [4.78, 5) is 41.3. The van der Waals surface area contributed by atoms with Gasteiger partial charge in [0.05, 0.1) is 17.0 Å². The third kappa shape index (κ3) is 3.44. The van der Waals surface area contributed by atoms with E-state index < -0.39 is 11.9 Å². The molecule has 1 amide bonds. The number of aryl methyl sites for hydroxylation is 1. The second-order valence-corrected chi connectivity index (χ2v) is 5.98. The van der Waals surface area contributed by atoms with E-state index in [0.29, 0.717) is 32.4 Å². The topological polar surface area (TPSA) is 106 Å². The maximum Gasteiger partial charge on any atom is 0.323 e. The molecule has 0 unspecified atom stereocenters. The van der Waals surface area contributed by atoms with E-state index in [1.807, 2.05) is 18.2 Å². The van der Waals surface area contributed by atoms with Gasteiger partial charge >= 0.3 is 11.7 Å². The SMILES string of the molecule is O=C(O)[C@H]1CCN(C(=O)CCCc2ccc3[nH]c(=O)[nH]c3c2)C1. The first-order valence-electron chi connectivity index (χ1n) is 7.74. The Bertz CT molecular complexity index is 792. The van der Waals surface area contributed by atoms with Crippen LogP contribution in [0.4, 0.5) is 0 Å². The quantitative estimate of drug-likeness (QED) is 0.768. The summed E-state index contributed by atoms with van der Waals surface area (Å²) in [6.45, 7) is 0.858. The van der Waals surface area contributed by atoms with Crippen molar-refractivity contribution in [1.29, 1.82) is 0 Å². The number of H-pyrrole nitrogens is 2. The molecule has 1 aromatic carbocycles. The Morgan fingerprint density at radius 2 is 2.04 bits per heavy atom. The highest BCUT2D eigenvalue weighted by molar-refractivity contribution is 5.79. The molecule has 1 saturated heterocycles. The highest BCUT2D eigenvalue weighted by Gasteiger charge is 2.30. The van der Waals surface area contributed by atoms with Crippen molar-refractivity contribution in [3.8, 4) is 0 Å². The minimum Gasteiger partial charge on any atom is -0.481 e. The average Bonchev–Trinajstić information content (AvgIpc) is 3.12. The fraction of sp³-hybridized carbons (Fsp3) is 0.438. The van der Waals surface area contributed by atoms with Crippen LogP contribution in [0, 0.1) is 5.92 Å². The molecule has 1 fully saturated rings. The van der Waals surface area contributed by atoms with Crippen molar-refractivity contribution in [2.75, 3.05) is 13.1 Å². The largest absolute Gasteiger partial charge is 0.481 e. The third-order valence-electron chi connectivity index (χ3n) is 4.33.